The average molecular weight is 429 g/mol. The summed E-state index contributed by atoms with van der Waals surface area (Å²) in [6.45, 7) is 9.68. The van der Waals surface area contributed by atoms with Crippen molar-refractivity contribution in [2.24, 2.45) is 4.99 Å². The Bertz CT molecular complexity index is 853. The van der Waals surface area contributed by atoms with Crippen LogP contribution < -0.4 is 20.3 Å². The topological polar surface area (TPSA) is 65.0 Å². The van der Waals surface area contributed by atoms with E-state index in [1.54, 1.807) is 18.2 Å². The zero-order chi connectivity index (χ0) is 22.1. The van der Waals surface area contributed by atoms with Crippen LogP contribution in [0.3, 0.4) is 0 Å². The fourth-order valence-corrected chi connectivity index (χ4v) is 3.40. The highest BCUT2D eigenvalue weighted by Crippen LogP contribution is 2.20. The number of hydrogen-bond acceptors (Lipinski definition) is 5. The van der Waals surface area contributed by atoms with Crippen LogP contribution in [0.25, 0.3) is 0 Å². The first-order valence-corrected chi connectivity index (χ1v) is 10.9. The number of benzene rings is 1. The lowest BCUT2D eigenvalue weighted by molar-refractivity contribution is 0.214. The Kier molecular flexibility index (Phi) is 8.46. The standard InChI is InChI=1S/C23H33FN6O/c1-4-25-23(27-16-18(2)31-21-10-6-5-9-20(21)24)28-17-19-8-7-11-26-22(19)30-14-12-29(3)13-15-30/h5-11,18H,4,12-17H2,1-3H3,(H2,25,27,28). The second-order valence-corrected chi connectivity index (χ2v) is 7.71. The monoisotopic (exact) mass is 428 g/mol. The fourth-order valence-electron chi connectivity index (χ4n) is 3.40. The van der Waals surface area contributed by atoms with E-state index in [1.807, 2.05) is 26.1 Å². The first kappa shape index (κ1) is 22.8. The van der Waals surface area contributed by atoms with Crippen molar-refractivity contribution in [1.82, 2.24) is 20.5 Å². The Balaban J connectivity index is 1.60. The summed E-state index contributed by atoms with van der Waals surface area (Å²) in [5, 5.41) is 6.54. The zero-order valence-electron chi connectivity index (χ0n) is 18.6. The minimum Gasteiger partial charge on any atom is -0.486 e. The van der Waals surface area contributed by atoms with Gasteiger partial charge in [0.25, 0.3) is 0 Å². The number of aromatic nitrogens is 1. The number of rotatable bonds is 8. The maximum atomic E-state index is 13.8. The molecule has 0 amide bonds. The number of guanidine groups is 1. The Morgan fingerprint density at radius 2 is 1.94 bits per heavy atom. The zero-order valence-corrected chi connectivity index (χ0v) is 18.6. The molecule has 1 saturated heterocycles. The van der Waals surface area contributed by atoms with E-state index in [0.717, 1.165) is 44.1 Å². The first-order chi connectivity index (χ1) is 15.1. The van der Waals surface area contributed by atoms with Crippen molar-refractivity contribution in [2.45, 2.75) is 26.5 Å². The Morgan fingerprint density at radius 1 is 1.16 bits per heavy atom. The second-order valence-electron chi connectivity index (χ2n) is 7.71. The summed E-state index contributed by atoms with van der Waals surface area (Å²) in [6.07, 6.45) is 1.62. The molecule has 31 heavy (non-hydrogen) atoms. The van der Waals surface area contributed by atoms with Crippen LogP contribution in [0.2, 0.25) is 0 Å². The van der Waals surface area contributed by atoms with Crippen LogP contribution >= 0.6 is 0 Å². The van der Waals surface area contributed by atoms with Crippen molar-refractivity contribution >= 4 is 11.8 Å². The molecular formula is C23H33FN6O. The van der Waals surface area contributed by atoms with Crippen molar-refractivity contribution in [3.05, 3.63) is 54.0 Å². The normalized spacial score (nSPS) is 16.1. The Labute approximate surface area is 184 Å². The number of para-hydroxylation sites is 1. The third-order valence-corrected chi connectivity index (χ3v) is 5.14. The summed E-state index contributed by atoms with van der Waals surface area (Å²) in [7, 11) is 2.15. The van der Waals surface area contributed by atoms with Gasteiger partial charge in [-0.2, -0.15) is 0 Å². The van der Waals surface area contributed by atoms with Gasteiger partial charge in [0.2, 0.25) is 0 Å². The largest absolute Gasteiger partial charge is 0.486 e. The van der Waals surface area contributed by atoms with Gasteiger partial charge in [0, 0.05) is 44.5 Å². The van der Waals surface area contributed by atoms with E-state index in [-0.39, 0.29) is 17.7 Å². The van der Waals surface area contributed by atoms with Gasteiger partial charge in [-0.05, 0) is 39.1 Å². The highest BCUT2D eigenvalue weighted by molar-refractivity contribution is 5.79. The maximum Gasteiger partial charge on any atom is 0.191 e. The van der Waals surface area contributed by atoms with Crippen LogP contribution in [-0.4, -0.2) is 68.3 Å². The van der Waals surface area contributed by atoms with Crippen molar-refractivity contribution < 1.29 is 9.13 Å². The highest BCUT2D eigenvalue weighted by atomic mass is 19.1. The van der Waals surface area contributed by atoms with Crippen LogP contribution in [0.4, 0.5) is 10.2 Å². The van der Waals surface area contributed by atoms with E-state index in [9.17, 15) is 4.39 Å². The number of likely N-dealkylation sites (N-methyl/N-ethyl adjacent to an activating group) is 1. The summed E-state index contributed by atoms with van der Waals surface area (Å²) >= 11 is 0. The molecule has 3 rings (SSSR count). The van der Waals surface area contributed by atoms with E-state index >= 15 is 0 Å². The lowest BCUT2D eigenvalue weighted by Crippen LogP contribution is -2.45. The molecular weight excluding hydrogens is 395 g/mol. The summed E-state index contributed by atoms with van der Waals surface area (Å²) in [4.78, 5) is 14.0. The van der Waals surface area contributed by atoms with Crippen LogP contribution in [0.15, 0.2) is 47.6 Å². The van der Waals surface area contributed by atoms with Gasteiger partial charge in [-0.15, -0.1) is 0 Å². The van der Waals surface area contributed by atoms with Gasteiger partial charge < -0.3 is 25.2 Å². The fraction of sp³-hybridized carbons (Fsp3) is 0.478. The molecule has 1 unspecified atom stereocenters. The predicted octanol–water partition coefficient (Wildman–Crippen LogP) is 2.50. The van der Waals surface area contributed by atoms with Crippen molar-refractivity contribution in [2.75, 3.05) is 51.2 Å². The van der Waals surface area contributed by atoms with E-state index in [0.29, 0.717) is 19.0 Å². The third kappa shape index (κ3) is 6.82. The lowest BCUT2D eigenvalue weighted by Gasteiger charge is -2.34. The number of hydrogen-bond donors (Lipinski definition) is 2. The minimum absolute atomic E-state index is 0.222. The number of piperazine rings is 1. The molecule has 1 atom stereocenters. The van der Waals surface area contributed by atoms with Gasteiger partial charge in [-0.25, -0.2) is 14.4 Å². The highest BCUT2D eigenvalue weighted by Gasteiger charge is 2.18. The van der Waals surface area contributed by atoms with Gasteiger partial charge in [0.1, 0.15) is 11.9 Å². The van der Waals surface area contributed by atoms with Crippen molar-refractivity contribution in [3.63, 3.8) is 0 Å². The van der Waals surface area contributed by atoms with E-state index in [4.69, 9.17) is 9.73 Å². The maximum absolute atomic E-state index is 13.8. The number of pyridine rings is 1. The molecule has 2 N–H and O–H groups in total. The quantitative estimate of drug-likeness (QED) is 0.498. The molecule has 1 aliphatic rings. The number of aliphatic imine (C=N–C) groups is 1. The molecule has 8 heteroatoms. The molecule has 1 fully saturated rings. The Hall–Kier alpha value is -2.87. The minimum atomic E-state index is -0.358. The molecule has 0 bridgehead atoms. The smallest absolute Gasteiger partial charge is 0.191 e. The molecule has 0 aliphatic carbocycles. The molecule has 1 aliphatic heterocycles. The van der Waals surface area contributed by atoms with Gasteiger partial charge in [-0.1, -0.05) is 18.2 Å². The molecule has 7 nitrogen and oxygen atoms in total. The Morgan fingerprint density at radius 3 is 2.68 bits per heavy atom. The van der Waals surface area contributed by atoms with Crippen LogP contribution in [0.5, 0.6) is 5.75 Å². The molecule has 0 spiro atoms. The molecule has 1 aromatic carbocycles. The third-order valence-electron chi connectivity index (χ3n) is 5.14. The van der Waals surface area contributed by atoms with Crippen LogP contribution in [0.1, 0.15) is 19.4 Å². The SMILES string of the molecule is CCNC(=NCc1cccnc1N1CCN(C)CC1)NCC(C)Oc1ccccc1F. The predicted molar refractivity (Wildman–Crippen MR) is 123 cm³/mol. The van der Waals surface area contributed by atoms with Gasteiger partial charge >= 0.3 is 0 Å². The molecule has 0 radical (unpaired) electrons. The summed E-state index contributed by atoms with van der Waals surface area (Å²) in [6, 6.07) is 10.5. The summed E-state index contributed by atoms with van der Waals surface area (Å²) in [5.74, 6) is 1.60. The lowest BCUT2D eigenvalue weighted by atomic mass is 10.2. The van der Waals surface area contributed by atoms with Crippen molar-refractivity contribution in [1.29, 1.82) is 0 Å². The molecule has 0 saturated carbocycles. The van der Waals surface area contributed by atoms with Crippen molar-refractivity contribution in [3.8, 4) is 5.75 Å². The van der Waals surface area contributed by atoms with E-state index < -0.39 is 0 Å². The van der Waals surface area contributed by atoms with Crippen LogP contribution in [-0.2, 0) is 6.54 Å². The van der Waals surface area contributed by atoms with Gasteiger partial charge in [0.15, 0.2) is 17.5 Å². The number of ether oxygens (including phenoxy) is 1. The van der Waals surface area contributed by atoms with E-state index in [2.05, 4.69) is 38.5 Å². The first-order valence-electron chi connectivity index (χ1n) is 10.9. The molecule has 2 heterocycles. The number of anilines is 1. The van der Waals surface area contributed by atoms with Gasteiger partial charge in [-0.3, -0.25) is 0 Å². The second kappa shape index (κ2) is 11.5. The number of nitrogens with zero attached hydrogens (tertiary/aromatic N) is 4. The summed E-state index contributed by atoms with van der Waals surface area (Å²) in [5.41, 5.74) is 1.10. The summed E-state index contributed by atoms with van der Waals surface area (Å²) < 4.78 is 19.5. The number of nitrogens with one attached hydrogen (secondary N) is 2. The molecule has 2 aromatic rings. The number of halogens is 1. The molecule has 168 valence electrons. The van der Waals surface area contributed by atoms with E-state index in [1.165, 1.54) is 6.07 Å². The molecule has 1 aromatic heterocycles. The van der Waals surface area contributed by atoms with Crippen LogP contribution in [0, 0.1) is 5.82 Å². The average Bonchev–Trinajstić information content (AvgIpc) is 2.78. The van der Waals surface area contributed by atoms with Gasteiger partial charge in [0.05, 0.1) is 13.1 Å².